The van der Waals surface area contributed by atoms with Crippen LogP contribution >= 0.6 is 12.6 Å². The summed E-state index contributed by atoms with van der Waals surface area (Å²) in [5.74, 6) is 1.06. The highest BCUT2D eigenvalue weighted by molar-refractivity contribution is 7.80. The fourth-order valence-electron chi connectivity index (χ4n) is 2.35. The molecule has 20 heavy (non-hydrogen) atoms. The van der Waals surface area contributed by atoms with Crippen molar-refractivity contribution in [2.45, 2.75) is 19.8 Å². The Bertz CT molecular complexity index is 486. The Morgan fingerprint density at radius 3 is 2.75 bits per heavy atom. The normalized spacial score (nSPS) is 17.7. The van der Waals surface area contributed by atoms with E-state index in [9.17, 15) is 10.1 Å². The quantitative estimate of drug-likeness (QED) is 0.515. The number of hydrogen-bond donors (Lipinski definition) is 1. The number of aryl methyl sites for hydroxylation is 1. The van der Waals surface area contributed by atoms with Crippen molar-refractivity contribution < 1.29 is 14.4 Å². The fourth-order valence-corrected chi connectivity index (χ4v) is 2.75. The van der Waals surface area contributed by atoms with E-state index in [4.69, 9.17) is 9.47 Å². The van der Waals surface area contributed by atoms with Crippen molar-refractivity contribution in [2.75, 3.05) is 25.6 Å². The summed E-state index contributed by atoms with van der Waals surface area (Å²) < 4.78 is 11.2. The number of para-hydroxylation sites is 1. The smallest absolute Gasteiger partial charge is 0.311 e. The lowest BCUT2D eigenvalue weighted by atomic mass is 9.83. The van der Waals surface area contributed by atoms with Crippen LogP contribution in [0.5, 0.6) is 5.75 Å². The van der Waals surface area contributed by atoms with Gasteiger partial charge in [0.25, 0.3) is 0 Å². The molecule has 0 aliphatic carbocycles. The minimum atomic E-state index is -0.403. The van der Waals surface area contributed by atoms with E-state index >= 15 is 0 Å². The number of nitro benzene ring substituents is 1. The monoisotopic (exact) mass is 297 g/mol. The van der Waals surface area contributed by atoms with Crippen LogP contribution in [0.2, 0.25) is 0 Å². The van der Waals surface area contributed by atoms with Gasteiger partial charge in [0.15, 0.2) is 5.75 Å². The van der Waals surface area contributed by atoms with E-state index in [2.05, 4.69) is 12.6 Å². The molecule has 1 aliphatic heterocycles. The molecule has 0 spiro atoms. The molecule has 0 aromatic heterocycles. The van der Waals surface area contributed by atoms with Gasteiger partial charge in [-0.1, -0.05) is 12.1 Å². The van der Waals surface area contributed by atoms with Crippen molar-refractivity contribution >= 4 is 18.3 Å². The summed E-state index contributed by atoms with van der Waals surface area (Å²) in [6.45, 7) is 3.64. The zero-order valence-electron chi connectivity index (χ0n) is 11.5. The van der Waals surface area contributed by atoms with Crippen LogP contribution in [0.25, 0.3) is 0 Å². The molecule has 0 bridgehead atoms. The maximum Gasteiger partial charge on any atom is 0.311 e. The molecule has 1 aliphatic rings. The Labute approximate surface area is 123 Å². The minimum absolute atomic E-state index is 0.0198. The third-order valence-corrected chi connectivity index (χ3v) is 4.47. The summed E-state index contributed by atoms with van der Waals surface area (Å²) in [7, 11) is 0. The first-order chi connectivity index (χ1) is 9.58. The summed E-state index contributed by atoms with van der Waals surface area (Å²) in [4.78, 5) is 10.7. The highest BCUT2D eigenvalue weighted by Gasteiger charge is 2.33. The molecular weight excluding hydrogens is 278 g/mol. The first-order valence-corrected chi connectivity index (χ1v) is 7.27. The second-order valence-electron chi connectivity index (χ2n) is 5.24. The molecular formula is C14H19NO4S. The Hall–Kier alpha value is -1.27. The van der Waals surface area contributed by atoms with E-state index in [1.807, 2.05) is 13.0 Å². The summed E-state index contributed by atoms with van der Waals surface area (Å²) in [6, 6.07) is 4.96. The molecule has 5 nitrogen and oxygen atoms in total. The van der Waals surface area contributed by atoms with Gasteiger partial charge in [-0.2, -0.15) is 12.6 Å². The standard InChI is InChI=1S/C14H19NO4S/c1-11-3-2-4-12(15(16)17)13(11)19-9-14(10-20)5-7-18-8-6-14/h2-4,20H,5-10H2,1H3. The molecule has 0 amide bonds. The Balaban J connectivity index is 2.15. The molecule has 110 valence electrons. The number of nitrogens with zero attached hydrogens (tertiary/aromatic N) is 1. The fraction of sp³-hybridized carbons (Fsp3) is 0.571. The van der Waals surface area contributed by atoms with Gasteiger partial charge in [-0.3, -0.25) is 10.1 Å². The van der Waals surface area contributed by atoms with Gasteiger partial charge in [0.2, 0.25) is 0 Å². The lowest BCUT2D eigenvalue weighted by molar-refractivity contribution is -0.386. The number of nitro groups is 1. The van der Waals surface area contributed by atoms with Crippen LogP contribution < -0.4 is 4.74 Å². The number of rotatable bonds is 5. The van der Waals surface area contributed by atoms with Gasteiger partial charge in [0.1, 0.15) is 0 Å². The third kappa shape index (κ3) is 3.24. The summed E-state index contributed by atoms with van der Waals surface area (Å²) in [5.41, 5.74) is 0.740. The molecule has 2 rings (SSSR count). The Kier molecular flexibility index (Phi) is 4.88. The number of hydrogen-bond acceptors (Lipinski definition) is 5. The summed E-state index contributed by atoms with van der Waals surface area (Å²) >= 11 is 4.42. The SMILES string of the molecule is Cc1cccc([N+](=O)[O-])c1OCC1(CS)CCOCC1. The summed E-state index contributed by atoms with van der Waals surface area (Å²) in [5, 5.41) is 11.1. The van der Waals surface area contributed by atoms with E-state index in [0.29, 0.717) is 31.3 Å². The van der Waals surface area contributed by atoms with Crippen LogP contribution in [0.3, 0.4) is 0 Å². The lowest BCUT2D eigenvalue weighted by Gasteiger charge is -2.35. The van der Waals surface area contributed by atoms with Crippen molar-refractivity contribution in [1.29, 1.82) is 0 Å². The molecule has 1 aromatic rings. The molecule has 0 saturated carbocycles. The van der Waals surface area contributed by atoms with Crippen LogP contribution in [0.1, 0.15) is 18.4 Å². The van der Waals surface area contributed by atoms with Crippen molar-refractivity contribution in [2.24, 2.45) is 5.41 Å². The van der Waals surface area contributed by atoms with Gasteiger partial charge in [-0.25, -0.2) is 0 Å². The van der Waals surface area contributed by atoms with E-state index < -0.39 is 4.92 Å². The molecule has 0 N–H and O–H groups in total. The molecule has 0 atom stereocenters. The third-order valence-electron chi connectivity index (χ3n) is 3.80. The highest BCUT2D eigenvalue weighted by Crippen LogP contribution is 2.36. The van der Waals surface area contributed by atoms with Gasteiger partial charge in [0.05, 0.1) is 11.5 Å². The lowest BCUT2D eigenvalue weighted by Crippen LogP contribution is -2.37. The predicted molar refractivity (Wildman–Crippen MR) is 79.7 cm³/mol. The van der Waals surface area contributed by atoms with Crippen molar-refractivity contribution in [3.05, 3.63) is 33.9 Å². The Morgan fingerprint density at radius 1 is 1.45 bits per heavy atom. The molecule has 0 unspecified atom stereocenters. The average molecular weight is 297 g/mol. The predicted octanol–water partition coefficient (Wildman–Crippen LogP) is 3.01. The molecule has 6 heteroatoms. The average Bonchev–Trinajstić information content (AvgIpc) is 2.46. The molecule has 1 saturated heterocycles. The van der Waals surface area contributed by atoms with Crippen LogP contribution in [0.15, 0.2) is 18.2 Å². The maximum absolute atomic E-state index is 11.1. The van der Waals surface area contributed by atoms with E-state index in [-0.39, 0.29) is 11.1 Å². The van der Waals surface area contributed by atoms with Crippen molar-refractivity contribution in [3.8, 4) is 5.75 Å². The van der Waals surface area contributed by atoms with Crippen LogP contribution in [-0.2, 0) is 4.74 Å². The second-order valence-corrected chi connectivity index (χ2v) is 5.56. The minimum Gasteiger partial charge on any atom is -0.486 e. The highest BCUT2D eigenvalue weighted by atomic mass is 32.1. The van der Waals surface area contributed by atoms with Gasteiger partial charge in [-0.05, 0) is 31.1 Å². The van der Waals surface area contributed by atoms with Gasteiger partial charge < -0.3 is 9.47 Å². The summed E-state index contributed by atoms with van der Waals surface area (Å²) in [6.07, 6.45) is 1.74. The van der Waals surface area contributed by atoms with Crippen LogP contribution in [-0.4, -0.2) is 30.5 Å². The van der Waals surface area contributed by atoms with Gasteiger partial charge in [0, 0.05) is 24.7 Å². The van der Waals surface area contributed by atoms with Crippen LogP contribution in [0, 0.1) is 22.5 Å². The first-order valence-electron chi connectivity index (χ1n) is 6.63. The van der Waals surface area contributed by atoms with Gasteiger partial charge >= 0.3 is 5.69 Å². The second kappa shape index (κ2) is 6.45. The van der Waals surface area contributed by atoms with E-state index in [1.165, 1.54) is 6.07 Å². The molecule has 1 heterocycles. The zero-order valence-corrected chi connectivity index (χ0v) is 12.4. The van der Waals surface area contributed by atoms with Crippen LogP contribution in [0.4, 0.5) is 5.69 Å². The molecule has 1 aromatic carbocycles. The zero-order chi connectivity index (χ0) is 14.6. The molecule has 1 fully saturated rings. The first kappa shape index (κ1) is 15.1. The maximum atomic E-state index is 11.1. The number of thiol groups is 1. The van der Waals surface area contributed by atoms with E-state index in [1.54, 1.807) is 6.07 Å². The number of benzene rings is 1. The largest absolute Gasteiger partial charge is 0.486 e. The molecule has 0 radical (unpaired) electrons. The van der Waals surface area contributed by atoms with Gasteiger partial charge in [-0.15, -0.1) is 0 Å². The van der Waals surface area contributed by atoms with Crippen molar-refractivity contribution in [1.82, 2.24) is 0 Å². The van der Waals surface area contributed by atoms with E-state index in [0.717, 1.165) is 18.4 Å². The topological polar surface area (TPSA) is 61.6 Å². The number of ether oxygens (including phenoxy) is 2. The van der Waals surface area contributed by atoms with Crippen molar-refractivity contribution in [3.63, 3.8) is 0 Å². The Morgan fingerprint density at radius 2 is 2.15 bits per heavy atom.